The molecule has 1 aliphatic heterocycles. The molecule has 1 saturated heterocycles. The van der Waals surface area contributed by atoms with Crippen LogP contribution in [0, 0.1) is 0 Å². The zero-order chi connectivity index (χ0) is 13.0. The summed E-state index contributed by atoms with van der Waals surface area (Å²) >= 11 is 0. The van der Waals surface area contributed by atoms with E-state index in [1.165, 1.54) is 24.8 Å². The number of nitrogens with zero attached hydrogens (tertiary/aromatic N) is 1. The van der Waals surface area contributed by atoms with Crippen molar-refractivity contribution in [2.24, 2.45) is 0 Å². The van der Waals surface area contributed by atoms with Gasteiger partial charge in [0.2, 0.25) is 0 Å². The van der Waals surface area contributed by atoms with Crippen molar-refractivity contribution in [1.29, 1.82) is 0 Å². The predicted molar refractivity (Wildman–Crippen MR) is 74.4 cm³/mol. The number of likely N-dealkylation sites (tertiary alicyclic amines) is 1. The van der Waals surface area contributed by atoms with E-state index in [9.17, 15) is 0 Å². The molecule has 2 atom stereocenters. The number of hydrogen-bond acceptors (Lipinski definition) is 3. The lowest BCUT2D eigenvalue weighted by molar-refractivity contribution is 0.174. The van der Waals surface area contributed by atoms with E-state index in [2.05, 4.69) is 37.1 Å². The summed E-state index contributed by atoms with van der Waals surface area (Å²) in [6.45, 7) is 9.65. The summed E-state index contributed by atoms with van der Waals surface area (Å²) in [5.41, 5.74) is 1.31. The SMILES string of the molecule is CCNCc1ccoc1CN1C(C)CCC1CC. The van der Waals surface area contributed by atoms with Crippen molar-refractivity contribution in [2.45, 2.75) is 65.2 Å². The van der Waals surface area contributed by atoms with E-state index in [1.54, 1.807) is 0 Å². The summed E-state index contributed by atoms with van der Waals surface area (Å²) in [5, 5.41) is 3.37. The van der Waals surface area contributed by atoms with E-state index in [-0.39, 0.29) is 0 Å². The molecule has 1 aromatic rings. The third kappa shape index (κ3) is 2.96. The topological polar surface area (TPSA) is 28.4 Å². The molecule has 0 amide bonds. The van der Waals surface area contributed by atoms with Crippen LogP contribution in [-0.2, 0) is 13.1 Å². The van der Waals surface area contributed by atoms with Crippen molar-refractivity contribution in [3.8, 4) is 0 Å². The van der Waals surface area contributed by atoms with Crippen LogP contribution >= 0.6 is 0 Å². The Morgan fingerprint density at radius 2 is 2.22 bits per heavy atom. The second-order valence-corrected chi connectivity index (χ2v) is 5.31. The summed E-state index contributed by atoms with van der Waals surface area (Å²) in [4.78, 5) is 2.61. The van der Waals surface area contributed by atoms with Crippen LogP contribution in [0.15, 0.2) is 16.7 Å². The maximum atomic E-state index is 5.68. The Kier molecular flexibility index (Phi) is 4.84. The summed E-state index contributed by atoms with van der Waals surface area (Å²) in [6.07, 6.45) is 5.72. The number of hydrogen-bond donors (Lipinski definition) is 1. The monoisotopic (exact) mass is 250 g/mol. The van der Waals surface area contributed by atoms with Gasteiger partial charge in [0, 0.05) is 24.2 Å². The Balaban J connectivity index is 2.01. The number of furan rings is 1. The smallest absolute Gasteiger partial charge is 0.122 e. The first kappa shape index (κ1) is 13.6. The van der Waals surface area contributed by atoms with Crippen LogP contribution in [0.4, 0.5) is 0 Å². The lowest BCUT2D eigenvalue weighted by Crippen LogP contribution is -2.33. The second-order valence-electron chi connectivity index (χ2n) is 5.31. The summed E-state index contributed by atoms with van der Waals surface area (Å²) in [6, 6.07) is 3.52. The van der Waals surface area contributed by atoms with Gasteiger partial charge in [0.05, 0.1) is 12.8 Å². The van der Waals surface area contributed by atoms with Crippen molar-refractivity contribution >= 4 is 0 Å². The Morgan fingerprint density at radius 3 is 2.94 bits per heavy atom. The molecule has 18 heavy (non-hydrogen) atoms. The van der Waals surface area contributed by atoms with Gasteiger partial charge in [-0.2, -0.15) is 0 Å². The first-order chi connectivity index (χ1) is 8.76. The maximum absolute atomic E-state index is 5.68. The zero-order valence-corrected chi connectivity index (χ0v) is 11.9. The summed E-state index contributed by atoms with van der Waals surface area (Å²) in [7, 11) is 0. The fourth-order valence-corrected chi connectivity index (χ4v) is 2.94. The summed E-state index contributed by atoms with van der Waals surface area (Å²) < 4.78 is 5.68. The van der Waals surface area contributed by atoms with Gasteiger partial charge in [-0.1, -0.05) is 13.8 Å². The van der Waals surface area contributed by atoms with Gasteiger partial charge >= 0.3 is 0 Å². The molecule has 1 fully saturated rings. The van der Waals surface area contributed by atoms with Crippen molar-refractivity contribution in [2.75, 3.05) is 6.54 Å². The standard InChI is InChI=1S/C15H26N2O/c1-4-14-7-6-12(3)17(14)11-15-13(8-9-18-15)10-16-5-2/h8-9,12,14,16H,4-7,10-11H2,1-3H3. The van der Waals surface area contributed by atoms with Gasteiger partial charge in [0.1, 0.15) is 5.76 Å². The minimum atomic E-state index is 0.687. The Hall–Kier alpha value is -0.800. The molecule has 1 aliphatic rings. The molecular formula is C15H26N2O. The second kappa shape index (κ2) is 6.39. The molecule has 3 heteroatoms. The van der Waals surface area contributed by atoms with Crippen molar-refractivity contribution in [3.63, 3.8) is 0 Å². The number of rotatable bonds is 6. The van der Waals surface area contributed by atoms with E-state index >= 15 is 0 Å². The lowest BCUT2D eigenvalue weighted by Gasteiger charge is -2.27. The predicted octanol–water partition coefficient (Wildman–Crippen LogP) is 3.15. The average Bonchev–Trinajstić information content (AvgIpc) is 2.96. The van der Waals surface area contributed by atoms with Gasteiger partial charge in [-0.3, -0.25) is 4.90 Å². The highest BCUT2D eigenvalue weighted by molar-refractivity contribution is 5.17. The molecule has 0 saturated carbocycles. The quantitative estimate of drug-likeness (QED) is 0.840. The van der Waals surface area contributed by atoms with E-state index < -0.39 is 0 Å². The molecule has 1 aromatic heterocycles. The van der Waals surface area contributed by atoms with Gasteiger partial charge in [0.15, 0.2) is 0 Å². The lowest BCUT2D eigenvalue weighted by atomic mass is 10.1. The van der Waals surface area contributed by atoms with Gasteiger partial charge in [-0.25, -0.2) is 0 Å². The van der Waals surface area contributed by atoms with Crippen LogP contribution in [-0.4, -0.2) is 23.5 Å². The Morgan fingerprint density at radius 1 is 1.39 bits per heavy atom. The normalized spacial score (nSPS) is 24.8. The highest BCUT2D eigenvalue weighted by Gasteiger charge is 2.30. The fraction of sp³-hybridized carbons (Fsp3) is 0.733. The van der Waals surface area contributed by atoms with Crippen molar-refractivity contribution in [1.82, 2.24) is 10.2 Å². The molecule has 0 aromatic carbocycles. The minimum absolute atomic E-state index is 0.687. The third-order valence-corrected chi connectivity index (χ3v) is 4.15. The van der Waals surface area contributed by atoms with Crippen molar-refractivity contribution < 1.29 is 4.42 Å². The highest BCUT2D eigenvalue weighted by Crippen LogP contribution is 2.28. The van der Waals surface area contributed by atoms with Crippen LogP contribution in [0.1, 0.15) is 51.4 Å². The zero-order valence-electron chi connectivity index (χ0n) is 11.9. The molecular weight excluding hydrogens is 224 g/mol. The third-order valence-electron chi connectivity index (χ3n) is 4.15. The first-order valence-electron chi connectivity index (χ1n) is 7.27. The molecule has 0 bridgehead atoms. The largest absolute Gasteiger partial charge is 0.468 e. The van der Waals surface area contributed by atoms with Gasteiger partial charge in [-0.05, 0) is 38.8 Å². The maximum Gasteiger partial charge on any atom is 0.122 e. The molecule has 2 heterocycles. The molecule has 0 spiro atoms. The van der Waals surface area contributed by atoms with E-state index in [1.807, 2.05) is 6.26 Å². The first-order valence-corrected chi connectivity index (χ1v) is 7.27. The molecule has 2 rings (SSSR count). The van der Waals surface area contributed by atoms with Crippen LogP contribution in [0.2, 0.25) is 0 Å². The molecule has 0 aliphatic carbocycles. The highest BCUT2D eigenvalue weighted by atomic mass is 16.3. The molecule has 2 unspecified atom stereocenters. The summed E-state index contributed by atoms with van der Waals surface area (Å²) in [5.74, 6) is 1.14. The minimum Gasteiger partial charge on any atom is -0.468 e. The Bertz CT molecular complexity index is 361. The van der Waals surface area contributed by atoms with Crippen LogP contribution < -0.4 is 5.32 Å². The van der Waals surface area contributed by atoms with E-state index in [0.29, 0.717) is 6.04 Å². The average molecular weight is 250 g/mol. The van der Waals surface area contributed by atoms with Gasteiger partial charge in [0.25, 0.3) is 0 Å². The van der Waals surface area contributed by atoms with Crippen molar-refractivity contribution in [3.05, 3.63) is 23.7 Å². The molecule has 3 nitrogen and oxygen atoms in total. The van der Waals surface area contributed by atoms with Gasteiger partial charge in [-0.15, -0.1) is 0 Å². The molecule has 0 radical (unpaired) electrons. The van der Waals surface area contributed by atoms with Crippen LogP contribution in [0.25, 0.3) is 0 Å². The Labute approximate surface area is 111 Å². The molecule has 1 N–H and O–H groups in total. The molecule has 102 valence electrons. The van der Waals surface area contributed by atoms with Gasteiger partial charge < -0.3 is 9.73 Å². The number of nitrogens with one attached hydrogen (secondary N) is 1. The van der Waals surface area contributed by atoms with E-state index in [0.717, 1.165) is 31.4 Å². The fourth-order valence-electron chi connectivity index (χ4n) is 2.94. The van der Waals surface area contributed by atoms with E-state index in [4.69, 9.17) is 4.42 Å². The van der Waals surface area contributed by atoms with Crippen LogP contribution in [0.3, 0.4) is 0 Å². The van der Waals surface area contributed by atoms with Crippen LogP contribution in [0.5, 0.6) is 0 Å².